The van der Waals surface area contributed by atoms with Gasteiger partial charge in [0.15, 0.2) is 0 Å². The summed E-state index contributed by atoms with van der Waals surface area (Å²) in [7, 11) is -3.82. The standard InChI is InChI=1S/C13H9BrClN3O3S/c14-7-1-3-10(9(15)5-7)18-22(20,21)8-2-4-11-12(6-8)17-13(19)16-11/h1-6,18H,(H2,16,17,19). The molecule has 0 aliphatic carbocycles. The maximum atomic E-state index is 12.4. The minimum Gasteiger partial charge on any atom is -0.306 e. The van der Waals surface area contributed by atoms with Crippen LogP contribution in [0.15, 0.2) is 50.6 Å². The number of rotatable bonds is 3. The van der Waals surface area contributed by atoms with Crippen molar-refractivity contribution in [2.24, 2.45) is 0 Å². The van der Waals surface area contributed by atoms with E-state index in [0.717, 1.165) is 4.47 Å². The van der Waals surface area contributed by atoms with Crippen molar-refractivity contribution in [3.8, 4) is 0 Å². The fourth-order valence-electron chi connectivity index (χ4n) is 1.95. The fourth-order valence-corrected chi connectivity index (χ4v) is 3.84. The van der Waals surface area contributed by atoms with E-state index in [9.17, 15) is 13.2 Å². The minimum absolute atomic E-state index is 0.0224. The molecular formula is C13H9BrClN3O3S. The summed E-state index contributed by atoms with van der Waals surface area (Å²) in [6.07, 6.45) is 0. The first-order valence-corrected chi connectivity index (χ1v) is 8.70. The number of benzene rings is 2. The third-order valence-corrected chi connectivity index (χ3v) is 5.14. The van der Waals surface area contributed by atoms with Gasteiger partial charge in [0, 0.05) is 4.47 Å². The summed E-state index contributed by atoms with van der Waals surface area (Å²) in [5.41, 5.74) is 0.821. The minimum atomic E-state index is -3.82. The Labute approximate surface area is 138 Å². The average Bonchev–Trinajstić information content (AvgIpc) is 2.81. The first-order valence-electron chi connectivity index (χ1n) is 6.05. The van der Waals surface area contributed by atoms with Crippen molar-refractivity contribution in [3.63, 3.8) is 0 Å². The molecule has 3 N–H and O–H groups in total. The number of halogens is 2. The van der Waals surface area contributed by atoms with E-state index in [2.05, 4.69) is 30.6 Å². The van der Waals surface area contributed by atoms with Crippen molar-refractivity contribution >= 4 is 54.3 Å². The molecule has 0 unspecified atom stereocenters. The zero-order valence-corrected chi connectivity index (χ0v) is 14.0. The van der Waals surface area contributed by atoms with E-state index in [-0.39, 0.29) is 15.6 Å². The molecule has 1 heterocycles. The van der Waals surface area contributed by atoms with E-state index < -0.39 is 15.7 Å². The van der Waals surface area contributed by atoms with Crippen molar-refractivity contribution in [2.75, 3.05) is 4.72 Å². The Morgan fingerprint density at radius 2 is 1.77 bits per heavy atom. The molecule has 0 radical (unpaired) electrons. The van der Waals surface area contributed by atoms with Crippen LogP contribution >= 0.6 is 27.5 Å². The van der Waals surface area contributed by atoms with Crippen molar-refractivity contribution in [1.82, 2.24) is 9.97 Å². The predicted octanol–water partition coefficient (Wildman–Crippen LogP) is 3.07. The number of aromatic nitrogens is 2. The molecular weight excluding hydrogens is 394 g/mol. The summed E-state index contributed by atoms with van der Waals surface area (Å²) in [6.45, 7) is 0. The lowest BCUT2D eigenvalue weighted by Crippen LogP contribution is -2.13. The van der Waals surface area contributed by atoms with Gasteiger partial charge in [-0.3, -0.25) is 4.72 Å². The number of H-pyrrole nitrogens is 2. The van der Waals surface area contributed by atoms with E-state index in [4.69, 9.17) is 11.6 Å². The number of anilines is 1. The van der Waals surface area contributed by atoms with Crippen molar-refractivity contribution in [3.05, 3.63) is 56.4 Å². The van der Waals surface area contributed by atoms with Crippen LogP contribution in [-0.2, 0) is 10.0 Å². The number of fused-ring (bicyclic) bond motifs is 1. The second kappa shape index (κ2) is 5.45. The number of hydrogen-bond donors (Lipinski definition) is 3. The van der Waals surface area contributed by atoms with Crippen molar-refractivity contribution < 1.29 is 8.42 Å². The normalized spacial score (nSPS) is 11.7. The van der Waals surface area contributed by atoms with Crippen LogP contribution in [0.5, 0.6) is 0 Å². The van der Waals surface area contributed by atoms with Crippen LogP contribution in [-0.4, -0.2) is 18.4 Å². The number of hydrogen-bond acceptors (Lipinski definition) is 3. The lowest BCUT2D eigenvalue weighted by Gasteiger charge is -2.10. The van der Waals surface area contributed by atoms with Gasteiger partial charge in [-0.1, -0.05) is 27.5 Å². The lowest BCUT2D eigenvalue weighted by molar-refractivity contribution is 0.601. The first-order chi connectivity index (χ1) is 10.3. The molecule has 0 amide bonds. The van der Waals surface area contributed by atoms with Gasteiger partial charge < -0.3 is 9.97 Å². The summed E-state index contributed by atoms with van der Waals surface area (Å²) >= 11 is 9.26. The third-order valence-electron chi connectivity index (χ3n) is 2.97. The molecule has 3 aromatic rings. The Morgan fingerprint density at radius 1 is 1.05 bits per heavy atom. The van der Waals surface area contributed by atoms with Gasteiger partial charge in [0.1, 0.15) is 0 Å². The van der Waals surface area contributed by atoms with Crippen LogP contribution in [0, 0.1) is 0 Å². The van der Waals surface area contributed by atoms with Gasteiger partial charge in [-0.25, -0.2) is 13.2 Å². The van der Waals surface area contributed by atoms with E-state index in [1.807, 2.05) is 0 Å². The summed E-state index contributed by atoms with van der Waals surface area (Å²) in [5.74, 6) is 0. The third kappa shape index (κ3) is 2.90. The highest BCUT2D eigenvalue weighted by Gasteiger charge is 2.17. The van der Waals surface area contributed by atoms with Crippen LogP contribution in [0.1, 0.15) is 0 Å². The molecule has 0 fully saturated rings. The second-order valence-electron chi connectivity index (χ2n) is 4.52. The van der Waals surface area contributed by atoms with Gasteiger partial charge in [-0.05, 0) is 36.4 Å². The molecule has 2 aromatic carbocycles. The summed E-state index contributed by atoms with van der Waals surface area (Å²) in [6, 6.07) is 9.12. The maximum Gasteiger partial charge on any atom is 0.323 e. The molecule has 3 rings (SSSR count). The predicted molar refractivity (Wildman–Crippen MR) is 88.9 cm³/mol. The van der Waals surface area contributed by atoms with Crippen LogP contribution in [0.3, 0.4) is 0 Å². The Morgan fingerprint density at radius 3 is 2.50 bits per heavy atom. The van der Waals surface area contributed by atoms with Crippen LogP contribution in [0.25, 0.3) is 11.0 Å². The summed E-state index contributed by atoms with van der Waals surface area (Å²) in [4.78, 5) is 16.3. The van der Waals surface area contributed by atoms with Crippen LogP contribution in [0.4, 0.5) is 5.69 Å². The highest BCUT2D eigenvalue weighted by atomic mass is 79.9. The lowest BCUT2D eigenvalue weighted by atomic mass is 10.3. The quantitative estimate of drug-likeness (QED) is 0.628. The smallest absolute Gasteiger partial charge is 0.306 e. The number of aromatic amines is 2. The van der Waals surface area contributed by atoms with Crippen LogP contribution in [0.2, 0.25) is 5.02 Å². The van der Waals surface area contributed by atoms with E-state index >= 15 is 0 Å². The maximum absolute atomic E-state index is 12.4. The first kappa shape index (κ1) is 15.1. The SMILES string of the molecule is O=c1[nH]c2ccc(S(=O)(=O)Nc3ccc(Br)cc3Cl)cc2[nH]1. The molecule has 0 saturated carbocycles. The topological polar surface area (TPSA) is 94.8 Å². The Balaban J connectivity index is 2.01. The number of sulfonamides is 1. The Bertz CT molecular complexity index is 1030. The molecule has 9 heteroatoms. The zero-order valence-electron chi connectivity index (χ0n) is 10.9. The molecule has 0 bridgehead atoms. The largest absolute Gasteiger partial charge is 0.323 e. The second-order valence-corrected chi connectivity index (χ2v) is 7.52. The van der Waals surface area contributed by atoms with E-state index in [0.29, 0.717) is 11.0 Å². The molecule has 1 aromatic heterocycles. The van der Waals surface area contributed by atoms with Gasteiger partial charge in [-0.15, -0.1) is 0 Å². The molecule has 22 heavy (non-hydrogen) atoms. The monoisotopic (exact) mass is 401 g/mol. The van der Waals surface area contributed by atoms with Gasteiger partial charge in [0.2, 0.25) is 0 Å². The molecule has 0 atom stereocenters. The highest BCUT2D eigenvalue weighted by molar-refractivity contribution is 9.10. The van der Waals surface area contributed by atoms with E-state index in [1.165, 1.54) is 18.2 Å². The van der Waals surface area contributed by atoms with Gasteiger partial charge in [0.05, 0.1) is 26.6 Å². The molecule has 0 spiro atoms. The molecule has 0 aliphatic rings. The Hall–Kier alpha value is -1.77. The molecule has 6 nitrogen and oxygen atoms in total. The van der Waals surface area contributed by atoms with Crippen molar-refractivity contribution in [1.29, 1.82) is 0 Å². The van der Waals surface area contributed by atoms with Gasteiger partial charge in [0.25, 0.3) is 10.0 Å². The zero-order chi connectivity index (χ0) is 15.9. The molecule has 0 saturated heterocycles. The number of imidazole rings is 1. The van der Waals surface area contributed by atoms with Gasteiger partial charge in [-0.2, -0.15) is 0 Å². The fraction of sp³-hybridized carbons (Fsp3) is 0. The van der Waals surface area contributed by atoms with Crippen LogP contribution < -0.4 is 10.4 Å². The van der Waals surface area contributed by atoms with Crippen molar-refractivity contribution in [2.45, 2.75) is 4.90 Å². The highest BCUT2D eigenvalue weighted by Crippen LogP contribution is 2.28. The number of nitrogens with one attached hydrogen (secondary N) is 3. The molecule has 0 aliphatic heterocycles. The Kier molecular flexibility index (Phi) is 3.75. The summed E-state index contributed by atoms with van der Waals surface area (Å²) in [5, 5.41) is 0.272. The summed E-state index contributed by atoms with van der Waals surface area (Å²) < 4.78 is 28.0. The average molecular weight is 403 g/mol. The van der Waals surface area contributed by atoms with E-state index in [1.54, 1.807) is 18.2 Å². The van der Waals surface area contributed by atoms with Gasteiger partial charge >= 0.3 is 5.69 Å². The molecule has 114 valence electrons.